The molecule has 1 aromatic carbocycles. The third-order valence-corrected chi connectivity index (χ3v) is 5.87. The van der Waals surface area contributed by atoms with E-state index in [1.165, 1.54) is 10.5 Å². The number of piperidine rings is 1. The Balaban J connectivity index is 1.54. The highest BCUT2D eigenvalue weighted by molar-refractivity contribution is 8.00. The van der Waals surface area contributed by atoms with Crippen LogP contribution in [0, 0.1) is 6.92 Å². The number of hydrogen-bond donors (Lipinski definition) is 1. The zero-order chi connectivity index (χ0) is 17.6. The molecule has 3 rings (SSSR count). The summed E-state index contributed by atoms with van der Waals surface area (Å²) in [5.74, 6) is 0.592. The van der Waals surface area contributed by atoms with Crippen LogP contribution in [0.2, 0.25) is 0 Å². The first-order valence-corrected chi connectivity index (χ1v) is 9.63. The SMILES string of the molecule is CCNc1ncc(C(=O)N2CCC(Sc3ccccc3C)CC2)cn1. The van der Waals surface area contributed by atoms with Crippen LogP contribution in [-0.4, -0.2) is 45.7 Å². The number of likely N-dealkylation sites (tertiary alicyclic amines) is 1. The van der Waals surface area contributed by atoms with Gasteiger partial charge in [-0.1, -0.05) is 18.2 Å². The lowest BCUT2D eigenvalue weighted by molar-refractivity contribution is 0.0726. The normalized spacial score (nSPS) is 15.2. The zero-order valence-corrected chi connectivity index (χ0v) is 15.6. The molecule has 0 spiro atoms. The molecule has 1 amide bonds. The molecule has 1 aromatic heterocycles. The lowest BCUT2D eigenvalue weighted by Gasteiger charge is -2.31. The Morgan fingerprint density at radius 1 is 1.24 bits per heavy atom. The third-order valence-electron chi connectivity index (χ3n) is 4.35. The Morgan fingerprint density at radius 2 is 1.92 bits per heavy atom. The number of anilines is 1. The van der Waals surface area contributed by atoms with Gasteiger partial charge >= 0.3 is 0 Å². The molecular formula is C19H24N4OS. The van der Waals surface area contributed by atoms with Gasteiger partial charge < -0.3 is 10.2 Å². The fourth-order valence-electron chi connectivity index (χ4n) is 2.92. The van der Waals surface area contributed by atoms with E-state index >= 15 is 0 Å². The fourth-order valence-corrected chi connectivity index (χ4v) is 4.13. The first-order valence-electron chi connectivity index (χ1n) is 8.75. The lowest BCUT2D eigenvalue weighted by Crippen LogP contribution is -2.39. The average Bonchev–Trinajstić information content (AvgIpc) is 2.65. The Bertz CT molecular complexity index is 712. The summed E-state index contributed by atoms with van der Waals surface area (Å²) in [6.45, 7) is 6.48. The van der Waals surface area contributed by atoms with Crippen molar-refractivity contribution in [2.45, 2.75) is 36.8 Å². The second-order valence-corrected chi connectivity index (χ2v) is 7.54. The molecule has 0 atom stereocenters. The number of thioether (sulfide) groups is 1. The summed E-state index contributed by atoms with van der Waals surface area (Å²) in [6, 6.07) is 8.49. The van der Waals surface area contributed by atoms with Gasteiger partial charge in [0.1, 0.15) is 0 Å². The maximum atomic E-state index is 12.6. The van der Waals surface area contributed by atoms with E-state index in [1.807, 2.05) is 23.6 Å². The van der Waals surface area contributed by atoms with Gasteiger partial charge in [0.25, 0.3) is 5.91 Å². The van der Waals surface area contributed by atoms with Gasteiger partial charge in [-0.3, -0.25) is 4.79 Å². The van der Waals surface area contributed by atoms with Crippen LogP contribution >= 0.6 is 11.8 Å². The van der Waals surface area contributed by atoms with Crippen molar-refractivity contribution in [3.8, 4) is 0 Å². The number of hydrogen-bond acceptors (Lipinski definition) is 5. The van der Waals surface area contributed by atoms with E-state index in [9.17, 15) is 4.79 Å². The molecule has 5 nitrogen and oxygen atoms in total. The number of carbonyl (C=O) groups is 1. The van der Waals surface area contributed by atoms with E-state index in [0.717, 1.165) is 32.5 Å². The highest BCUT2D eigenvalue weighted by Crippen LogP contribution is 2.32. The minimum absolute atomic E-state index is 0.0300. The molecule has 6 heteroatoms. The molecule has 0 aliphatic carbocycles. The number of amides is 1. The van der Waals surface area contributed by atoms with Gasteiger partial charge in [0, 0.05) is 42.2 Å². The predicted octanol–water partition coefficient (Wildman–Crippen LogP) is 3.61. The Labute approximate surface area is 153 Å². The van der Waals surface area contributed by atoms with Crippen molar-refractivity contribution >= 4 is 23.6 Å². The Morgan fingerprint density at radius 3 is 2.56 bits per heavy atom. The van der Waals surface area contributed by atoms with E-state index in [2.05, 4.69) is 46.5 Å². The van der Waals surface area contributed by atoms with Crippen molar-refractivity contribution in [3.05, 3.63) is 47.8 Å². The number of nitrogens with one attached hydrogen (secondary N) is 1. The average molecular weight is 356 g/mol. The number of nitrogens with zero attached hydrogens (tertiary/aromatic N) is 3. The van der Waals surface area contributed by atoms with Crippen LogP contribution in [0.3, 0.4) is 0 Å². The molecule has 0 unspecified atom stereocenters. The summed E-state index contributed by atoms with van der Waals surface area (Å²) in [4.78, 5) is 24.3. The third kappa shape index (κ3) is 4.51. The summed E-state index contributed by atoms with van der Waals surface area (Å²) in [6.07, 6.45) is 5.26. The quantitative estimate of drug-likeness (QED) is 0.887. The van der Waals surface area contributed by atoms with Crippen molar-refractivity contribution in [1.82, 2.24) is 14.9 Å². The maximum Gasteiger partial charge on any atom is 0.256 e. The number of rotatable bonds is 5. The van der Waals surface area contributed by atoms with Crippen LogP contribution in [0.25, 0.3) is 0 Å². The zero-order valence-electron chi connectivity index (χ0n) is 14.7. The monoisotopic (exact) mass is 356 g/mol. The van der Waals surface area contributed by atoms with Crippen molar-refractivity contribution < 1.29 is 4.79 Å². The standard InChI is InChI=1S/C19H24N4OS/c1-3-20-19-21-12-15(13-22-19)18(24)23-10-8-16(9-11-23)25-17-7-5-4-6-14(17)2/h4-7,12-13,16H,3,8-11H2,1-2H3,(H,20,21,22). The second-order valence-electron chi connectivity index (χ2n) is 6.20. The summed E-state index contributed by atoms with van der Waals surface area (Å²) in [5, 5.41) is 3.60. The molecule has 0 radical (unpaired) electrons. The Kier molecular flexibility index (Phi) is 5.91. The molecule has 2 aromatic rings. The van der Waals surface area contributed by atoms with Gasteiger partial charge in [-0.15, -0.1) is 11.8 Å². The summed E-state index contributed by atoms with van der Waals surface area (Å²) < 4.78 is 0. The number of carbonyl (C=O) groups excluding carboxylic acids is 1. The molecule has 1 N–H and O–H groups in total. The predicted molar refractivity (Wildman–Crippen MR) is 102 cm³/mol. The lowest BCUT2D eigenvalue weighted by atomic mass is 10.1. The van der Waals surface area contributed by atoms with Gasteiger partial charge in [0.05, 0.1) is 5.56 Å². The van der Waals surface area contributed by atoms with Gasteiger partial charge in [0.2, 0.25) is 5.95 Å². The molecule has 132 valence electrons. The topological polar surface area (TPSA) is 58.1 Å². The maximum absolute atomic E-state index is 12.6. The summed E-state index contributed by atoms with van der Waals surface area (Å²) in [5.41, 5.74) is 1.88. The second kappa shape index (κ2) is 8.34. The molecule has 1 aliphatic rings. The van der Waals surface area contributed by atoms with Crippen LogP contribution in [0.5, 0.6) is 0 Å². The van der Waals surface area contributed by atoms with Crippen LogP contribution in [0.4, 0.5) is 5.95 Å². The molecular weight excluding hydrogens is 332 g/mol. The molecule has 1 fully saturated rings. The van der Waals surface area contributed by atoms with Gasteiger partial charge in [-0.05, 0) is 38.3 Å². The van der Waals surface area contributed by atoms with Crippen molar-refractivity contribution in [1.29, 1.82) is 0 Å². The minimum atomic E-state index is 0.0300. The smallest absolute Gasteiger partial charge is 0.256 e. The van der Waals surface area contributed by atoms with Gasteiger partial charge in [-0.25, -0.2) is 9.97 Å². The minimum Gasteiger partial charge on any atom is -0.355 e. The van der Waals surface area contributed by atoms with Crippen molar-refractivity contribution in [2.75, 3.05) is 25.0 Å². The van der Waals surface area contributed by atoms with E-state index in [4.69, 9.17) is 0 Å². The van der Waals surface area contributed by atoms with Crippen LogP contribution in [-0.2, 0) is 0 Å². The molecule has 1 aliphatic heterocycles. The summed E-state index contributed by atoms with van der Waals surface area (Å²) >= 11 is 1.94. The van der Waals surface area contributed by atoms with Gasteiger partial charge in [-0.2, -0.15) is 0 Å². The molecule has 2 heterocycles. The first kappa shape index (κ1) is 17.7. The van der Waals surface area contributed by atoms with Crippen molar-refractivity contribution in [2.24, 2.45) is 0 Å². The molecule has 25 heavy (non-hydrogen) atoms. The van der Waals surface area contributed by atoms with E-state index in [1.54, 1.807) is 12.4 Å². The molecule has 0 saturated carbocycles. The largest absolute Gasteiger partial charge is 0.355 e. The van der Waals surface area contributed by atoms with E-state index in [-0.39, 0.29) is 5.91 Å². The highest BCUT2D eigenvalue weighted by Gasteiger charge is 2.24. The summed E-state index contributed by atoms with van der Waals surface area (Å²) in [7, 11) is 0. The first-order chi connectivity index (χ1) is 12.2. The van der Waals surface area contributed by atoms with Crippen molar-refractivity contribution in [3.63, 3.8) is 0 Å². The molecule has 1 saturated heterocycles. The molecule has 0 bridgehead atoms. The van der Waals surface area contributed by atoms with E-state index < -0.39 is 0 Å². The van der Waals surface area contributed by atoms with Crippen LogP contribution in [0.15, 0.2) is 41.6 Å². The van der Waals surface area contributed by atoms with Crippen LogP contribution in [0.1, 0.15) is 35.7 Å². The number of aryl methyl sites for hydroxylation is 1. The Hall–Kier alpha value is -2.08. The number of aromatic nitrogens is 2. The van der Waals surface area contributed by atoms with Crippen LogP contribution < -0.4 is 5.32 Å². The number of benzene rings is 1. The van der Waals surface area contributed by atoms with E-state index in [0.29, 0.717) is 16.8 Å². The highest BCUT2D eigenvalue weighted by atomic mass is 32.2. The fraction of sp³-hybridized carbons (Fsp3) is 0.421. The van der Waals surface area contributed by atoms with Gasteiger partial charge in [0.15, 0.2) is 0 Å².